The van der Waals surface area contributed by atoms with Crippen LogP contribution in [0.25, 0.3) is 10.9 Å². The van der Waals surface area contributed by atoms with E-state index in [0.29, 0.717) is 17.5 Å². The number of para-hydroxylation sites is 1. The number of aromatic nitrogens is 2. The van der Waals surface area contributed by atoms with Gasteiger partial charge >= 0.3 is 0 Å². The maximum absolute atomic E-state index is 13.1. The number of pyridine rings is 2. The number of aryl methyl sites for hydroxylation is 1. The molecule has 0 fully saturated rings. The number of rotatable bonds is 5. The van der Waals surface area contributed by atoms with Crippen molar-refractivity contribution in [3.8, 4) is 0 Å². The molecule has 144 valence electrons. The molecule has 0 aliphatic rings. The monoisotopic (exact) mass is 446 g/mol. The highest BCUT2D eigenvalue weighted by Gasteiger charge is 2.17. The number of nitrogens with zero attached hydrogens (tertiary/aromatic N) is 2. The van der Waals surface area contributed by atoms with Gasteiger partial charge in [0.1, 0.15) is 4.60 Å². The fourth-order valence-electron chi connectivity index (χ4n) is 3.40. The average molecular weight is 447 g/mol. The summed E-state index contributed by atoms with van der Waals surface area (Å²) in [6, 6.07) is 20.5. The molecule has 0 amide bonds. The molecule has 0 saturated heterocycles. The Morgan fingerprint density at radius 3 is 2.48 bits per heavy atom. The second kappa shape index (κ2) is 8.13. The van der Waals surface area contributed by atoms with Crippen LogP contribution in [-0.4, -0.2) is 15.3 Å². The Hall–Kier alpha value is -3.05. The normalized spacial score (nSPS) is 11.0. The molecule has 0 atom stereocenters. The zero-order valence-electron chi connectivity index (χ0n) is 15.9. The van der Waals surface area contributed by atoms with E-state index >= 15 is 0 Å². The molecule has 0 aliphatic heterocycles. The maximum atomic E-state index is 13.1. The largest absolute Gasteiger partial charge is 0.340 e. The lowest BCUT2D eigenvalue weighted by molar-refractivity contribution is 0.103. The van der Waals surface area contributed by atoms with Gasteiger partial charge in [-0.2, -0.15) is 0 Å². The number of benzene rings is 2. The lowest BCUT2D eigenvalue weighted by atomic mass is 10.0. The second-order valence-corrected chi connectivity index (χ2v) is 7.66. The fourth-order valence-corrected chi connectivity index (χ4v) is 3.78. The summed E-state index contributed by atoms with van der Waals surface area (Å²) in [4.78, 5) is 30.7. The van der Waals surface area contributed by atoms with Crippen molar-refractivity contribution in [1.29, 1.82) is 0 Å². The van der Waals surface area contributed by atoms with Crippen molar-refractivity contribution in [3.05, 3.63) is 110 Å². The van der Waals surface area contributed by atoms with Gasteiger partial charge in [0.05, 0.1) is 23.3 Å². The number of carbonyl (C=O) groups is 1. The first-order chi connectivity index (χ1) is 14.1. The number of carbonyl (C=O) groups excluding carboxylic acids is 1. The second-order valence-electron chi connectivity index (χ2n) is 6.85. The summed E-state index contributed by atoms with van der Waals surface area (Å²) >= 11 is 3.39. The highest BCUT2D eigenvalue weighted by atomic mass is 79.9. The molecule has 2 heterocycles. The van der Waals surface area contributed by atoms with E-state index in [-0.39, 0.29) is 16.8 Å². The van der Waals surface area contributed by atoms with E-state index in [0.717, 1.165) is 27.8 Å². The molecular formula is C24H19BrN2O2. The minimum absolute atomic E-state index is 0.169. The third-order valence-corrected chi connectivity index (χ3v) is 5.40. The van der Waals surface area contributed by atoms with Gasteiger partial charge in [0.2, 0.25) is 5.43 Å². The van der Waals surface area contributed by atoms with Gasteiger partial charge in [0.15, 0.2) is 5.78 Å². The molecule has 29 heavy (non-hydrogen) atoms. The number of hydrogen-bond donors (Lipinski definition) is 0. The first-order valence-electron chi connectivity index (χ1n) is 9.44. The quantitative estimate of drug-likeness (QED) is 0.320. The summed E-state index contributed by atoms with van der Waals surface area (Å²) in [6.07, 6.45) is 2.56. The number of hydrogen-bond acceptors (Lipinski definition) is 3. The fraction of sp³-hybridized carbons (Fsp3) is 0.125. The molecule has 5 heteroatoms. The molecule has 4 nitrogen and oxygen atoms in total. The predicted octanol–water partition coefficient (Wildman–Crippen LogP) is 5.00. The summed E-state index contributed by atoms with van der Waals surface area (Å²) in [6.45, 7) is 2.52. The Kier molecular flexibility index (Phi) is 5.41. The summed E-state index contributed by atoms with van der Waals surface area (Å²) < 4.78 is 2.66. The van der Waals surface area contributed by atoms with Crippen molar-refractivity contribution in [1.82, 2.24) is 9.55 Å². The zero-order chi connectivity index (χ0) is 20.4. The molecule has 2 aromatic heterocycles. The number of fused-ring (bicyclic) bond motifs is 1. The number of ketones is 1. The molecule has 0 saturated carbocycles. The van der Waals surface area contributed by atoms with Crippen LogP contribution in [0.3, 0.4) is 0 Å². The first-order valence-corrected chi connectivity index (χ1v) is 10.2. The number of halogens is 1. The summed E-state index contributed by atoms with van der Waals surface area (Å²) in [5.74, 6) is -0.264. The first kappa shape index (κ1) is 19.3. The minimum Gasteiger partial charge on any atom is -0.340 e. The van der Waals surface area contributed by atoms with Crippen LogP contribution in [0.2, 0.25) is 0 Å². The summed E-state index contributed by atoms with van der Waals surface area (Å²) in [5, 5.41) is 0.526. The van der Waals surface area contributed by atoms with Crippen LogP contribution in [0.15, 0.2) is 82.3 Å². The van der Waals surface area contributed by atoms with E-state index in [2.05, 4.69) is 27.8 Å². The van der Waals surface area contributed by atoms with Gasteiger partial charge in [-0.25, -0.2) is 4.98 Å². The van der Waals surface area contributed by atoms with E-state index in [1.807, 2.05) is 53.1 Å². The average Bonchev–Trinajstić information content (AvgIpc) is 2.75. The predicted molar refractivity (Wildman–Crippen MR) is 118 cm³/mol. The van der Waals surface area contributed by atoms with E-state index in [1.165, 1.54) is 0 Å². The summed E-state index contributed by atoms with van der Waals surface area (Å²) in [7, 11) is 0. The summed E-state index contributed by atoms with van der Waals surface area (Å²) in [5.41, 5.74) is 3.20. The van der Waals surface area contributed by atoms with Gasteiger partial charge in [0.25, 0.3) is 0 Å². The molecule has 0 bridgehead atoms. The SMILES string of the molecule is CCc1ccc(C(=O)c2cn(Cc3cccc(Br)n3)c3ccccc3c2=O)cc1. The molecule has 0 N–H and O–H groups in total. The van der Waals surface area contributed by atoms with E-state index in [1.54, 1.807) is 24.4 Å². The van der Waals surface area contributed by atoms with Gasteiger partial charge in [-0.05, 0) is 52.2 Å². The van der Waals surface area contributed by atoms with Gasteiger partial charge < -0.3 is 4.57 Å². The van der Waals surface area contributed by atoms with Gasteiger partial charge in [-0.1, -0.05) is 49.4 Å². The van der Waals surface area contributed by atoms with Crippen LogP contribution < -0.4 is 5.43 Å². The van der Waals surface area contributed by atoms with Crippen LogP contribution in [0.4, 0.5) is 0 Å². The van der Waals surface area contributed by atoms with E-state index < -0.39 is 0 Å². The Morgan fingerprint density at radius 1 is 1.00 bits per heavy atom. The third kappa shape index (κ3) is 3.91. The Bertz CT molecular complexity index is 1260. The molecule has 0 unspecified atom stereocenters. The van der Waals surface area contributed by atoms with Gasteiger partial charge in [-0.3, -0.25) is 9.59 Å². The smallest absolute Gasteiger partial charge is 0.200 e. The third-order valence-electron chi connectivity index (χ3n) is 4.96. The van der Waals surface area contributed by atoms with E-state index in [9.17, 15) is 9.59 Å². The zero-order valence-corrected chi connectivity index (χ0v) is 17.5. The molecule has 0 radical (unpaired) electrons. The Labute approximate surface area is 177 Å². The standard InChI is InChI=1S/C24H19BrN2O2/c1-2-16-10-12-17(13-11-16)23(28)20-15-27(14-18-6-5-9-22(25)26-18)21-8-4-3-7-19(21)24(20)29/h3-13,15H,2,14H2,1H3. The molecule has 4 rings (SSSR count). The molecule has 0 aliphatic carbocycles. The minimum atomic E-state index is -0.264. The molecule has 4 aromatic rings. The van der Waals surface area contributed by atoms with Gasteiger partial charge in [0, 0.05) is 17.1 Å². The van der Waals surface area contributed by atoms with Crippen LogP contribution in [-0.2, 0) is 13.0 Å². The maximum Gasteiger partial charge on any atom is 0.200 e. The molecule has 0 spiro atoms. The van der Waals surface area contributed by atoms with Crippen molar-refractivity contribution >= 4 is 32.6 Å². The van der Waals surface area contributed by atoms with Crippen molar-refractivity contribution in [3.63, 3.8) is 0 Å². The van der Waals surface area contributed by atoms with Gasteiger partial charge in [-0.15, -0.1) is 0 Å². The van der Waals surface area contributed by atoms with Crippen LogP contribution in [0.5, 0.6) is 0 Å². The van der Waals surface area contributed by atoms with Crippen molar-refractivity contribution < 1.29 is 4.79 Å². The van der Waals surface area contributed by atoms with Crippen molar-refractivity contribution in [2.75, 3.05) is 0 Å². The lowest BCUT2D eigenvalue weighted by Crippen LogP contribution is -2.20. The highest BCUT2D eigenvalue weighted by Crippen LogP contribution is 2.17. The van der Waals surface area contributed by atoms with Crippen molar-refractivity contribution in [2.24, 2.45) is 0 Å². The van der Waals surface area contributed by atoms with Crippen LogP contribution in [0, 0.1) is 0 Å². The van der Waals surface area contributed by atoms with Crippen LogP contribution in [0.1, 0.15) is 34.1 Å². The topological polar surface area (TPSA) is 52.0 Å². The highest BCUT2D eigenvalue weighted by molar-refractivity contribution is 9.10. The van der Waals surface area contributed by atoms with Crippen molar-refractivity contribution in [2.45, 2.75) is 19.9 Å². The van der Waals surface area contributed by atoms with E-state index in [4.69, 9.17) is 0 Å². The van der Waals surface area contributed by atoms with Crippen LogP contribution >= 0.6 is 15.9 Å². The molecule has 2 aromatic carbocycles. The Balaban J connectivity index is 1.84. The molecular weight excluding hydrogens is 428 g/mol. The lowest BCUT2D eigenvalue weighted by Gasteiger charge is -2.13. The Morgan fingerprint density at radius 2 is 1.76 bits per heavy atom.